The lowest BCUT2D eigenvalue weighted by molar-refractivity contribution is 0.406. The summed E-state index contributed by atoms with van der Waals surface area (Å²) in [6, 6.07) is 9.76. The molecule has 6 heteroatoms. The number of hydrogen-bond donors (Lipinski definition) is 1. The molecule has 0 amide bonds. The molecule has 3 rings (SSSR count). The highest BCUT2D eigenvalue weighted by atomic mass is 19.1. The third kappa shape index (κ3) is 2.60. The predicted molar refractivity (Wildman–Crippen MR) is 69.1 cm³/mol. The van der Waals surface area contributed by atoms with Crippen LogP contribution in [0.3, 0.4) is 0 Å². The molecule has 0 aliphatic heterocycles. The van der Waals surface area contributed by atoms with E-state index in [1.165, 1.54) is 12.1 Å². The molecule has 0 saturated carbocycles. The van der Waals surface area contributed by atoms with Crippen molar-refractivity contribution in [1.29, 1.82) is 0 Å². The van der Waals surface area contributed by atoms with Crippen LogP contribution in [0, 0.1) is 5.82 Å². The second kappa shape index (κ2) is 5.26. The first-order valence-corrected chi connectivity index (χ1v) is 6.11. The third-order valence-electron chi connectivity index (χ3n) is 2.79. The van der Waals surface area contributed by atoms with E-state index in [1.54, 1.807) is 24.3 Å². The summed E-state index contributed by atoms with van der Waals surface area (Å²) < 4.78 is 23.6. The number of halogens is 1. The fourth-order valence-electron chi connectivity index (χ4n) is 1.86. The molecule has 20 heavy (non-hydrogen) atoms. The van der Waals surface area contributed by atoms with Gasteiger partial charge in [0.2, 0.25) is 0 Å². The SMILES string of the molecule is NCc1ccc(-c2nc(Cc3cccc(F)c3)no2)o1. The Hall–Kier alpha value is -2.47. The van der Waals surface area contributed by atoms with Gasteiger partial charge in [-0.2, -0.15) is 4.98 Å². The summed E-state index contributed by atoms with van der Waals surface area (Å²) in [6.07, 6.45) is 0.395. The standard InChI is InChI=1S/C14H12FN3O2/c15-10-3-1-2-9(6-10)7-13-17-14(20-18-13)12-5-4-11(8-16)19-12/h1-6H,7-8,16H2. The van der Waals surface area contributed by atoms with E-state index in [-0.39, 0.29) is 11.7 Å². The highest BCUT2D eigenvalue weighted by molar-refractivity contribution is 5.44. The number of nitrogens with zero attached hydrogens (tertiary/aromatic N) is 2. The predicted octanol–water partition coefficient (Wildman–Crippen LogP) is 2.52. The maximum atomic E-state index is 13.1. The molecule has 2 heterocycles. The molecular formula is C14H12FN3O2. The molecule has 0 fully saturated rings. The van der Waals surface area contributed by atoms with E-state index in [0.717, 1.165) is 5.56 Å². The van der Waals surface area contributed by atoms with Gasteiger partial charge in [0.05, 0.1) is 6.54 Å². The number of benzene rings is 1. The normalized spacial score (nSPS) is 10.9. The van der Waals surface area contributed by atoms with Crippen molar-refractivity contribution in [1.82, 2.24) is 10.1 Å². The van der Waals surface area contributed by atoms with Crippen LogP contribution in [0.15, 0.2) is 45.3 Å². The summed E-state index contributed by atoms with van der Waals surface area (Å²) in [5, 5.41) is 3.85. The lowest BCUT2D eigenvalue weighted by Crippen LogP contribution is -1.92. The first kappa shape index (κ1) is 12.6. The Labute approximate surface area is 114 Å². The van der Waals surface area contributed by atoms with Crippen LogP contribution in [0.1, 0.15) is 17.1 Å². The van der Waals surface area contributed by atoms with Gasteiger partial charge in [-0.25, -0.2) is 4.39 Å². The van der Waals surface area contributed by atoms with Gasteiger partial charge < -0.3 is 14.7 Å². The molecule has 0 aliphatic carbocycles. The van der Waals surface area contributed by atoms with Crippen molar-refractivity contribution in [2.45, 2.75) is 13.0 Å². The van der Waals surface area contributed by atoms with Crippen LogP contribution in [-0.4, -0.2) is 10.1 Å². The Bertz CT molecular complexity index is 721. The molecule has 0 unspecified atom stereocenters. The molecule has 0 atom stereocenters. The van der Waals surface area contributed by atoms with Gasteiger partial charge in [-0.1, -0.05) is 17.3 Å². The second-order valence-corrected chi connectivity index (χ2v) is 4.29. The molecule has 0 bridgehead atoms. The minimum atomic E-state index is -0.287. The minimum Gasteiger partial charge on any atom is -0.455 e. The van der Waals surface area contributed by atoms with Gasteiger partial charge >= 0.3 is 0 Å². The summed E-state index contributed by atoms with van der Waals surface area (Å²) >= 11 is 0. The van der Waals surface area contributed by atoms with Gasteiger partial charge in [0.25, 0.3) is 5.89 Å². The topological polar surface area (TPSA) is 78.1 Å². The number of aromatic nitrogens is 2. The molecule has 2 N–H and O–H groups in total. The zero-order valence-electron chi connectivity index (χ0n) is 10.5. The number of furan rings is 1. The molecule has 0 aliphatic rings. The van der Waals surface area contributed by atoms with Crippen molar-refractivity contribution in [3.05, 3.63) is 59.4 Å². The molecule has 0 spiro atoms. The molecule has 3 aromatic rings. The van der Waals surface area contributed by atoms with Crippen LogP contribution in [0.2, 0.25) is 0 Å². The number of hydrogen-bond acceptors (Lipinski definition) is 5. The largest absolute Gasteiger partial charge is 0.455 e. The van der Waals surface area contributed by atoms with Crippen molar-refractivity contribution in [3.8, 4) is 11.7 Å². The van der Waals surface area contributed by atoms with Gasteiger partial charge in [0.15, 0.2) is 11.6 Å². The zero-order valence-corrected chi connectivity index (χ0v) is 10.5. The fourth-order valence-corrected chi connectivity index (χ4v) is 1.86. The molecule has 2 aromatic heterocycles. The average Bonchev–Trinajstić information content (AvgIpc) is 3.07. The third-order valence-corrected chi connectivity index (χ3v) is 2.79. The van der Waals surface area contributed by atoms with E-state index in [9.17, 15) is 4.39 Å². The Morgan fingerprint density at radius 2 is 2.10 bits per heavy atom. The van der Waals surface area contributed by atoms with Crippen molar-refractivity contribution in [2.75, 3.05) is 0 Å². The van der Waals surface area contributed by atoms with E-state index in [1.807, 2.05) is 0 Å². The van der Waals surface area contributed by atoms with Crippen LogP contribution in [0.25, 0.3) is 11.7 Å². The summed E-state index contributed by atoms with van der Waals surface area (Å²) in [5.41, 5.74) is 6.24. The Morgan fingerprint density at radius 1 is 1.20 bits per heavy atom. The van der Waals surface area contributed by atoms with Crippen molar-refractivity contribution < 1.29 is 13.3 Å². The lowest BCUT2D eigenvalue weighted by Gasteiger charge is -1.95. The Kier molecular flexibility index (Phi) is 3.30. The van der Waals surface area contributed by atoms with Crippen LogP contribution in [0.4, 0.5) is 4.39 Å². The monoisotopic (exact) mass is 273 g/mol. The van der Waals surface area contributed by atoms with Crippen LogP contribution >= 0.6 is 0 Å². The molecule has 102 valence electrons. The van der Waals surface area contributed by atoms with E-state index in [4.69, 9.17) is 14.7 Å². The molecule has 1 aromatic carbocycles. The van der Waals surface area contributed by atoms with Gasteiger partial charge in [-0.05, 0) is 29.8 Å². The molecule has 0 radical (unpaired) electrons. The van der Waals surface area contributed by atoms with E-state index >= 15 is 0 Å². The van der Waals surface area contributed by atoms with Crippen LogP contribution in [-0.2, 0) is 13.0 Å². The maximum absolute atomic E-state index is 13.1. The maximum Gasteiger partial charge on any atom is 0.293 e. The highest BCUT2D eigenvalue weighted by Gasteiger charge is 2.13. The summed E-state index contributed by atoms with van der Waals surface area (Å²) in [6.45, 7) is 0.310. The second-order valence-electron chi connectivity index (χ2n) is 4.29. The highest BCUT2D eigenvalue weighted by Crippen LogP contribution is 2.20. The van der Waals surface area contributed by atoms with E-state index in [2.05, 4.69) is 10.1 Å². The minimum absolute atomic E-state index is 0.287. The van der Waals surface area contributed by atoms with Crippen molar-refractivity contribution in [3.63, 3.8) is 0 Å². The molecule has 5 nitrogen and oxygen atoms in total. The summed E-state index contributed by atoms with van der Waals surface area (Å²) in [5.74, 6) is 1.59. The van der Waals surface area contributed by atoms with Gasteiger partial charge in [0.1, 0.15) is 11.6 Å². The fraction of sp³-hybridized carbons (Fsp3) is 0.143. The first-order chi connectivity index (χ1) is 9.74. The Balaban J connectivity index is 1.80. The molecular weight excluding hydrogens is 261 g/mol. The quantitative estimate of drug-likeness (QED) is 0.790. The molecule has 0 saturated heterocycles. The van der Waals surface area contributed by atoms with Crippen molar-refractivity contribution in [2.24, 2.45) is 5.73 Å². The van der Waals surface area contributed by atoms with Gasteiger partial charge in [0, 0.05) is 6.42 Å². The summed E-state index contributed by atoms with van der Waals surface area (Å²) in [7, 11) is 0. The van der Waals surface area contributed by atoms with Gasteiger partial charge in [-0.3, -0.25) is 0 Å². The number of nitrogens with two attached hydrogens (primary N) is 1. The van der Waals surface area contributed by atoms with Gasteiger partial charge in [-0.15, -0.1) is 0 Å². The van der Waals surface area contributed by atoms with E-state index < -0.39 is 0 Å². The lowest BCUT2D eigenvalue weighted by atomic mass is 10.1. The Morgan fingerprint density at radius 3 is 2.85 bits per heavy atom. The summed E-state index contributed by atoms with van der Waals surface area (Å²) in [4.78, 5) is 4.22. The average molecular weight is 273 g/mol. The van der Waals surface area contributed by atoms with E-state index in [0.29, 0.717) is 30.3 Å². The number of rotatable bonds is 4. The van der Waals surface area contributed by atoms with Crippen molar-refractivity contribution >= 4 is 0 Å². The van der Waals surface area contributed by atoms with Crippen LogP contribution < -0.4 is 5.73 Å². The smallest absolute Gasteiger partial charge is 0.293 e. The van der Waals surface area contributed by atoms with Crippen LogP contribution in [0.5, 0.6) is 0 Å². The first-order valence-electron chi connectivity index (χ1n) is 6.11. The zero-order chi connectivity index (χ0) is 13.9.